The number of rotatable bonds is 11. The molecule has 2 N–H and O–H groups in total. The highest BCUT2D eigenvalue weighted by molar-refractivity contribution is 5.73. The van der Waals surface area contributed by atoms with E-state index in [9.17, 15) is 18.0 Å². The first-order valence-corrected chi connectivity index (χ1v) is 7.83. The maximum atomic E-state index is 12.7. The Balaban J connectivity index is 4.43. The van der Waals surface area contributed by atoms with E-state index in [4.69, 9.17) is 10.5 Å². The van der Waals surface area contributed by atoms with Gasteiger partial charge in [0.1, 0.15) is 6.04 Å². The number of ether oxygens (including phenoxy) is 1. The van der Waals surface area contributed by atoms with Crippen LogP contribution in [0.4, 0.5) is 13.2 Å². The van der Waals surface area contributed by atoms with E-state index in [0.29, 0.717) is 12.8 Å². The van der Waals surface area contributed by atoms with Gasteiger partial charge in [-0.05, 0) is 12.8 Å². The number of unbranched alkanes of at least 4 members (excludes halogenated alkanes) is 5. The Hall–Kier alpha value is -0.780. The Morgan fingerprint density at radius 2 is 1.62 bits per heavy atom. The number of esters is 1. The zero-order valence-corrected chi connectivity index (χ0v) is 13.0. The van der Waals surface area contributed by atoms with E-state index < -0.39 is 24.1 Å². The lowest BCUT2D eigenvalue weighted by molar-refractivity contribution is -0.177. The summed E-state index contributed by atoms with van der Waals surface area (Å²) >= 11 is 0. The molecule has 0 saturated heterocycles. The molecule has 0 spiro atoms. The number of alkyl halides is 3. The van der Waals surface area contributed by atoms with Crippen molar-refractivity contribution in [2.24, 2.45) is 11.7 Å². The van der Waals surface area contributed by atoms with E-state index in [1.807, 2.05) is 6.92 Å². The van der Waals surface area contributed by atoms with Crippen LogP contribution in [0.15, 0.2) is 0 Å². The zero-order valence-electron chi connectivity index (χ0n) is 13.0. The molecule has 0 aromatic rings. The van der Waals surface area contributed by atoms with E-state index in [1.54, 1.807) is 0 Å². The summed E-state index contributed by atoms with van der Waals surface area (Å²) in [5.74, 6) is -2.10. The lowest BCUT2D eigenvalue weighted by Crippen LogP contribution is -2.47. The summed E-state index contributed by atoms with van der Waals surface area (Å²) in [5, 5.41) is 0. The molecule has 0 radical (unpaired) electrons. The van der Waals surface area contributed by atoms with Gasteiger partial charge in [-0.2, -0.15) is 13.2 Å². The van der Waals surface area contributed by atoms with E-state index in [-0.39, 0.29) is 13.0 Å². The van der Waals surface area contributed by atoms with E-state index >= 15 is 0 Å². The van der Waals surface area contributed by atoms with Crippen molar-refractivity contribution in [2.45, 2.75) is 77.4 Å². The third-order valence-corrected chi connectivity index (χ3v) is 3.48. The summed E-state index contributed by atoms with van der Waals surface area (Å²) in [7, 11) is 0. The first-order chi connectivity index (χ1) is 9.84. The fourth-order valence-corrected chi connectivity index (χ4v) is 2.06. The van der Waals surface area contributed by atoms with Crippen molar-refractivity contribution in [1.29, 1.82) is 0 Å². The second kappa shape index (κ2) is 10.9. The molecule has 0 saturated carbocycles. The van der Waals surface area contributed by atoms with Crippen LogP contribution >= 0.6 is 0 Å². The summed E-state index contributed by atoms with van der Waals surface area (Å²) in [5.41, 5.74) is 5.22. The molecule has 0 fully saturated rings. The zero-order chi connectivity index (χ0) is 16.3. The Morgan fingerprint density at radius 1 is 1.05 bits per heavy atom. The van der Waals surface area contributed by atoms with E-state index in [0.717, 1.165) is 32.1 Å². The molecule has 0 heterocycles. The minimum absolute atomic E-state index is 0.134. The third kappa shape index (κ3) is 8.96. The van der Waals surface area contributed by atoms with Gasteiger partial charge >= 0.3 is 12.1 Å². The van der Waals surface area contributed by atoms with Gasteiger partial charge in [-0.3, -0.25) is 4.79 Å². The Kier molecular flexibility index (Phi) is 10.5. The molecule has 0 bridgehead atoms. The van der Waals surface area contributed by atoms with Gasteiger partial charge in [-0.25, -0.2) is 0 Å². The Bertz CT molecular complexity index is 283. The third-order valence-electron chi connectivity index (χ3n) is 3.48. The molecule has 3 nitrogen and oxygen atoms in total. The molecule has 0 aromatic carbocycles. The largest absolute Gasteiger partial charge is 0.465 e. The molecule has 0 aliphatic carbocycles. The van der Waals surface area contributed by atoms with Crippen molar-refractivity contribution < 1.29 is 22.7 Å². The summed E-state index contributed by atoms with van der Waals surface area (Å²) in [4.78, 5) is 11.8. The molecule has 0 unspecified atom stereocenters. The quantitative estimate of drug-likeness (QED) is 0.459. The standard InChI is InChI=1S/C15H28F3NO2/c1-3-5-7-8-9-10-12(13(19)15(16,17)18)14(20)21-11-6-4-2/h12-13H,3-11,19H2,1-2H3/t12-,13-/m1/s1. The van der Waals surface area contributed by atoms with E-state index in [1.165, 1.54) is 0 Å². The highest BCUT2D eigenvalue weighted by atomic mass is 19.4. The van der Waals surface area contributed by atoms with Crippen LogP contribution in [0.3, 0.4) is 0 Å². The smallest absolute Gasteiger partial charge is 0.404 e. The first kappa shape index (κ1) is 20.2. The first-order valence-electron chi connectivity index (χ1n) is 7.83. The SMILES string of the molecule is CCCCCCC[C@@H](C(=O)OCCCC)[C@@H](N)C(F)(F)F. The molecular weight excluding hydrogens is 283 g/mol. The van der Waals surface area contributed by atoms with Crippen molar-refractivity contribution in [1.82, 2.24) is 0 Å². The minimum atomic E-state index is -4.57. The summed E-state index contributed by atoms with van der Waals surface area (Å²) in [6, 6.07) is -2.14. The topological polar surface area (TPSA) is 52.3 Å². The highest BCUT2D eigenvalue weighted by Gasteiger charge is 2.45. The average molecular weight is 311 g/mol. The molecule has 0 aliphatic rings. The lowest BCUT2D eigenvalue weighted by Gasteiger charge is -2.24. The monoisotopic (exact) mass is 311 g/mol. The normalized spacial score (nSPS) is 14.8. The predicted molar refractivity (Wildman–Crippen MR) is 76.8 cm³/mol. The Morgan fingerprint density at radius 3 is 2.14 bits per heavy atom. The maximum Gasteiger partial charge on any atom is 0.404 e. The molecule has 0 aromatic heterocycles. The average Bonchev–Trinajstić information content (AvgIpc) is 2.41. The molecule has 6 heteroatoms. The second-order valence-corrected chi connectivity index (χ2v) is 5.40. The predicted octanol–water partition coefficient (Wildman–Crippen LogP) is 4.20. The van der Waals surface area contributed by atoms with Crippen LogP contribution in [-0.2, 0) is 9.53 Å². The summed E-state index contributed by atoms with van der Waals surface area (Å²) in [6.45, 7) is 4.14. The fourth-order valence-electron chi connectivity index (χ4n) is 2.06. The van der Waals surface area contributed by atoms with Gasteiger partial charge in [0.25, 0.3) is 0 Å². The Labute approximate surface area is 125 Å². The molecule has 0 amide bonds. The van der Waals surface area contributed by atoms with Crippen molar-refractivity contribution >= 4 is 5.97 Å². The van der Waals surface area contributed by atoms with Crippen molar-refractivity contribution in [2.75, 3.05) is 6.61 Å². The summed E-state index contributed by atoms with van der Waals surface area (Å²) < 4.78 is 43.2. The number of halogens is 3. The van der Waals surface area contributed by atoms with Crippen molar-refractivity contribution in [3.8, 4) is 0 Å². The van der Waals surface area contributed by atoms with Gasteiger partial charge in [0.15, 0.2) is 0 Å². The number of hydrogen-bond acceptors (Lipinski definition) is 3. The lowest BCUT2D eigenvalue weighted by atomic mass is 9.93. The van der Waals surface area contributed by atoms with Crippen LogP contribution in [0.25, 0.3) is 0 Å². The molecule has 0 aliphatic heterocycles. The second-order valence-electron chi connectivity index (χ2n) is 5.40. The summed E-state index contributed by atoms with van der Waals surface area (Å²) in [6.07, 6.45) is 1.50. The van der Waals surface area contributed by atoms with E-state index in [2.05, 4.69) is 6.92 Å². The highest BCUT2D eigenvalue weighted by Crippen LogP contribution is 2.28. The van der Waals surface area contributed by atoms with Gasteiger partial charge in [0.2, 0.25) is 0 Å². The van der Waals surface area contributed by atoms with Gasteiger partial charge in [0, 0.05) is 0 Å². The van der Waals surface area contributed by atoms with Gasteiger partial charge in [-0.15, -0.1) is 0 Å². The van der Waals surface area contributed by atoms with Crippen molar-refractivity contribution in [3.05, 3.63) is 0 Å². The molecular formula is C15H28F3NO2. The number of hydrogen-bond donors (Lipinski definition) is 1. The van der Waals surface area contributed by atoms with Gasteiger partial charge in [-0.1, -0.05) is 52.4 Å². The number of carbonyl (C=O) groups excluding carboxylic acids is 1. The molecule has 21 heavy (non-hydrogen) atoms. The van der Waals surface area contributed by atoms with Crippen LogP contribution < -0.4 is 5.73 Å². The van der Waals surface area contributed by atoms with Crippen LogP contribution in [0, 0.1) is 5.92 Å². The molecule has 126 valence electrons. The number of nitrogens with two attached hydrogens (primary N) is 1. The molecule has 2 atom stereocenters. The van der Waals surface area contributed by atoms with Gasteiger partial charge in [0.05, 0.1) is 12.5 Å². The van der Waals surface area contributed by atoms with Crippen LogP contribution in [-0.4, -0.2) is 24.8 Å². The molecule has 0 rings (SSSR count). The van der Waals surface area contributed by atoms with Gasteiger partial charge < -0.3 is 10.5 Å². The van der Waals surface area contributed by atoms with Crippen molar-refractivity contribution in [3.63, 3.8) is 0 Å². The van der Waals surface area contributed by atoms with Crippen LogP contribution in [0.2, 0.25) is 0 Å². The fraction of sp³-hybridized carbons (Fsp3) is 0.933. The number of carbonyl (C=O) groups is 1. The minimum Gasteiger partial charge on any atom is -0.465 e. The maximum absolute atomic E-state index is 12.7. The van der Waals surface area contributed by atoms with Crippen LogP contribution in [0.5, 0.6) is 0 Å². The van der Waals surface area contributed by atoms with Crippen LogP contribution in [0.1, 0.15) is 65.2 Å².